The van der Waals surface area contributed by atoms with Crippen molar-refractivity contribution in [2.24, 2.45) is 11.8 Å². The number of ketones is 2. The summed E-state index contributed by atoms with van der Waals surface area (Å²) in [7, 11) is 0. The Bertz CT molecular complexity index is 1390. The van der Waals surface area contributed by atoms with Gasteiger partial charge < -0.3 is 34.9 Å². The Morgan fingerprint density at radius 1 is 0.712 bits per heavy atom. The quantitative estimate of drug-likeness (QED) is 0.0881. The summed E-state index contributed by atoms with van der Waals surface area (Å²) in [6.45, 7) is 14.0. The highest BCUT2D eigenvalue weighted by Crippen LogP contribution is 2.44. The lowest BCUT2D eigenvalue weighted by Crippen LogP contribution is -2.29. The normalized spacial score (nSPS) is 12.5. The van der Waals surface area contributed by atoms with Gasteiger partial charge in [0, 0.05) is 68.7 Å². The summed E-state index contributed by atoms with van der Waals surface area (Å²) in [6, 6.07) is 16.0. The van der Waals surface area contributed by atoms with Gasteiger partial charge in [0.25, 0.3) is 0 Å². The van der Waals surface area contributed by atoms with Crippen molar-refractivity contribution in [2.45, 2.75) is 72.3 Å². The molecule has 52 heavy (non-hydrogen) atoms. The van der Waals surface area contributed by atoms with Crippen LogP contribution in [0.4, 0.5) is 9.59 Å². The van der Waals surface area contributed by atoms with Gasteiger partial charge in [-0.2, -0.15) is 0 Å². The number of nitrogens with one attached hydrogen (secondary N) is 3. The first kappa shape index (κ1) is 43.6. The molecular weight excluding hydrogens is 666 g/mol. The largest absolute Gasteiger partial charge is 0.445 e. The van der Waals surface area contributed by atoms with Crippen molar-refractivity contribution in [1.29, 1.82) is 0 Å². The topological polar surface area (TPSA) is 158 Å². The van der Waals surface area contributed by atoms with Crippen LogP contribution < -0.4 is 16.0 Å². The Labute approximate surface area is 308 Å². The molecule has 2 unspecified atom stereocenters. The highest BCUT2D eigenvalue weighted by atomic mass is 16.6. The van der Waals surface area contributed by atoms with Gasteiger partial charge in [-0.15, -0.1) is 0 Å². The molecule has 0 aliphatic heterocycles. The number of Topliss-reactive ketones (excluding diaryl/α,β-unsaturated/α-hetero) is 2. The second-order valence-electron chi connectivity index (χ2n) is 12.5. The zero-order chi connectivity index (χ0) is 38.1. The molecular formula is C40H57N3O9. The van der Waals surface area contributed by atoms with E-state index < -0.39 is 18.3 Å². The molecule has 12 heteroatoms. The number of ether oxygens (including phenoxy) is 4. The van der Waals surface area contributed by atoms with Crippen molar-refractivity contribution in [1.82, 2.24) is 16.0 Å². The number of rotatable bonds is 23. The van der Waals surface area contributed by atoms with Crippen molar-refractivity contribution < 1.29 is 42.9 Å². The second-order valence-corrected chi connectivity index (χ2v) is 12.5. The third-order valence-corrected chi connectivity index (χ3v) is 8.54. The molecule has 1 aliphatic carbocycles. The molecule has 1 aliphatic rings. The van der Waals surface area contributed by atoms with E-state index >= 15 is 0 Å². The fraction of sp³-hybridized carbons (Fsp3) is 0.525. The zero-order valence-corrected chi connectivity index (χ0v) is 31.2. The molecule has 0 aromatic heterocycles. The number of amides is 3. The molecule has 286 valence electrons. The highest BCUT2D eigenvalue weighted by molar-refractivity contribution is 5.86. The van der Waals surface area contributed by atoms with Crippen molar-refractivity contribution in [3.8, 4) is 11.1 Å². The second kappa shape index (κ2) is 25.4. The molecule has 2 aromatic carbocycles. The molecule has 0 saturated carbocycles. The maximum absolute atomic E-state index is 12.4. The van der Waals surface area contributed by atoms with Gasteiger partial charge in [0.1, 0.15) is 19.0 Å². The number of hydrogen-bond donors (Lipinski definition) is 3. The van der Waals surface area contributed by atoms with Gasteiger partial charge >= 0.3 is 12.2 Å². The maximum Gasteiger partial charge on any atom is 0.408 e. The number of carbonyl (C=O) groups is 5. The molecule has 3 amide bonds. The van der Waals surface area contributed by atoms with Crippen LogP contribution in [0.2, 0.25) is 0 Å². The van der Waals surface area contributed by atoms with Gasteiger partial charge in [0.2, 0.25) is 5.91 Å². The van der Waals surface area contributed by atoms with Crippen LogP contribution in [-0.2, 0) is 33.3 Å². The summed E-state index contributed by atoms with van der Waals surface area (Å²) < 4.78 is 21.1. The van der Waals surface area contributed by atoms with E-state index in [2.05, 4.69) is 27.3 Å². The van der Waals surface area contributed by atoms with Crippen LogP contribution in [0.5, 0.6) is 0 Å². The standard InChI is InChI=1S/C28H36N2O5.C12H21NO4/c1-3-20(2)25(31)14-15-26(32)29-16-8-18-34-19-9-17-30-28(33)35-27-23-12-6-4-10-21(23)22-11-5-7-13-24(22)27;1-4-7-17-12(15)13-6-8-16-9-11(14)10(3)5-2/h4-7,10-13,20,27H,3,8-9,14-19H2,1-2H3,(H,29,32)(H,30,33);4,10H,1,5-9H2,2-3H3,(H,13,15). The fourth-order valence-corrected chi connectivity index (χ4v) is 5.01. The Balaban J connectivity index is 0.000000465. The predicted molar refractivity (Wildman–Crippen MR) is 200 cm³/mol. The van der Waals surface area contributed by atoms with Crippen LogP contribution in [0, 0.1) is 11.8 Å². The van der Waals surface area contributed by atoms with E-state index in [4.69, 9.17) is 14.2 Å². The molecule has 0 heterocycles. The summed E-state index contributed by atoms with van der Waals surface area (Å²) in [5.41, 5.74) is 4.21. The molecule has 3 rings (SSSR count). The van der Waals surface area contributed by atoms with Gasteiger partial charge in [-0.05, 0) is 36.8 Å². The number of alkyl carbamates (subject to hydrolysis) is 2. The zero-order valence-electron chi connectivity index (χ0n) is 31.2. The Kier molecular flexibility index (Phi) is 21.3. The summed E-state index contributed by atoms with van der Waals surface area (Å²) in [5.74, 6) is 0.171. The average molecular weight is 724 g/mol. The lowest BCUT2D eigenvalue weighted by Gasteiger charge is -2.15. The number of carbonyl (C=O) groups excluding carboxylic acids is 5. The van der Waals surface area contributed by atoms with Gasteiger partial charge in [-0.3, -0.25) is 14.4 Å². The number of fused-ring (bicyclic) bond motifs is 3. The third kappa shape index (κ3) is 16.2. The van der Waals surface area contributed by atoms with E-state index in [1.54, 1.807) is 0 Å². The maximum atomic E-state index is 12.4. The highest BCUT2D eigenvalue weighted by Gasteiger charge is 2.30. The molecule has 0 fully saturated rings. The molecule has 2 atom stereocenters. The van der Waals surface area contributed by atoms with Gasteiger partial charge in [-0.1, -0.05) is 88.9 Å². The average Bonchev–Trinajstić information content (AvgIpc) is 3.47. The van der Waals surface area contributed by atoms with E-state index in [1.165, 1.54) is 6.08 Å². The molecule has 0 spiro atoms. The molecule has 3 N–H and O–H groups in total. The lowest BCUT2D eigenvalue weighted by molar-refractivity contribution is -0.127. The van der Waals surface area contributed by atoms with E-state index in [0.717, 1.165) is 35.1 Å². The first-order valence-electron chi connectivity index (χ1n) is 18.2. The van der Waals surface area contributed by atoms with Crippen LogP contribution in [0.1, 0.15) is 83.5 Å². The predicted octanol–water partition coefficient (Wildman–Crippen LogP) is 6.32. The first-order valence-corrected chi connectivity index (χ1v) is 18.2. The minimum absolute atomic E-state index is 0.0173. The molecule has 0 radical (unpaired) electrons. The minimum atomic E-state index is -0.512. The van der Waals surface area contributed by atoms with Crippen molar-refractivity contribution in [2.75, 3.05) is 52.7 Å². The van der Waals surface area contributed by atoms with E-state index in [0.29, 0.717) is 58.7 Å². The Morgan fingerprint density at radius 2 is 1.27 bits per heavy atom. The van der Waals surface area contributed by atoms with Crippen LogP contribution in [0.15, 0.2) is 61.2 Å². The van der Waals surface area contributed by atoms with Crippen molar-refractivity contribution in [3.63, 3.8) is 0 Å². The van der Waals surface area contributed by atoms with Crippen LogP contribution in [0.25, 0.3) is 11.1 Å². The van der Waals surface area contributed by atoms with Crippen LogP contribution in [-0.4, -0.2) is 82.3 Å². The molecule has 0 saturated heterocycles. The van der Waals surface area contributed by atoms with E-state index in [-0.39, 0.29) is 48.9 Å². The van der Waals surface area contributed by atoms with Gasteiger partial charge in [0.05, 0.1) is 6.61 Å². The van der Waals surface area contributed by atoms with Gasteiger partial charge in [-0.25, -0.2) is 9.59 Å². The van der Waals surface area contributed by atoms with Crippen LogP contribution in [0.3, 0.4) is 0 Å². The summed E-state index contributed by atoms with van der Waals surface area (Å²) in [6.07, 6.45) is 3.64. The monoisotopic (exact) mass is 723 g/mol. The Morgan fingerprint density at radius 3 is 1.87 bits per heavy atom. The third-order valence-electron chi connectivity index (χ3n) is 8.54. The van der Waals surface area contributed by atoms with Crippen LogP contribution >= 0.6 is 0 Å². The van der Waals surface area contributed by atoms with Crippen molar-refractivity contribution in [3.05, 3.63) is 72.3 Å². The van der Waals surface area contributed by atoms with E-state index in [9.17, 15) is 24.0 Å². The lowest BCUT2D eigenvalue weighted by atomic mass is 10.00. The van der Waals surface area contributed by atoms with Crippen molar-refractivity contribution >= 4 is 29.7 Å². The summed E-state index contributed by atoms with van der Waals surface area (Å²) in [4.78, 5) is 58.3. The van der Waals surface area contributed by atoms with E-state index in [1.807, 2.05) is 76.2 Å². The molecule has 2 aromatic rings. The summed E-state index contributed by atoms with van der Waals surface area (Å²) >= 11 is 0. The Hall–Kier alpha value is -4.55. The minimum Gasteiger partial charge on any atom is -0.445 e. The smallest absolute Gasteiger partial charge is 0.408 e. The SMILES string of the molecule is C=CCOC(=O)NCCOCC(=O)C(C)CC.CCC(C)C(=O)CCC(=O)NCCCOCCCNC(=O)OC1c2ccccc2-c2ccccc21. The fourth-order valence-electron chi connectivity index (χ4n) is 5.01. The molecule has 0 bridgehead atoms. The summed E-state index contributed by atoms with van der Waals surface area (Å²) in [5, 5.41) is 8.10. The number of hydrogen-bond acceptors (Lipinski definition) is 9. The number of benzene rings is 2. The molecule has 12 nitrogen and oxygen atoms in total. The van der Waals surface area contributed by atoms with Gasteiger partial charge in [0.15, 0.2) is 11.9 Å². The first-order chi connectivity index (χ1) is 25.1.